The molecule has 3 aliphatic carbocycles. The first-order chi connectivity index (χ1) is 21.4. The predicted octanol–water partition coefficient (Wildman–Crippen LogP) is 6.55. The highest BCUT2D eigenvalue weighted by atomic mass is 16.6. The third-order valence-corrected chi connectivity index (χ3v) is 9.54. The van der Waals surface area contributed by atoms with E-state index in [1.807, 2.05) is 30.2 Å². The lowest BCUT2D eigenvalue weighted by Gasteiger charge is -2.35. The van der Waals surface area contributed by atoms with Crippen molar-refractivity contribution in [2.24, 2.45) is 11.8 Å². The number of rotatable bonds is 9. The van der Waals surface area contributed by atoms with E-state index in [1.54, 1.807) is 26.6 Å². The Bertz CT molecular complexity index is 1450. The third kappa shape index (κ3) is 6.89. The van der Waals surface area contributed by atoms with Gasteiger partial charge in [0.05, 0.1) is 7.11 Å². The topological polar surface area (TPSA) is 120 Å². The molecule has 0 aliphatic heterocycles. The largest absolute Gasteiger partial charge is 0.481 e. The number of pyridine rings is 2. The molecule has 0 aromatic carbocycles. The molecule has 0 unspecified atom stereocenters. The molecule has 0 saturated heterocycles. The van der Waals surface area contributed by atoms with E-state index in [2.05, 4.69) is 16.4 Å². The second-order valence-electron chi connectivity index (χ2n) is 12.6. The van der Waals surface area contributed by atoms with Crippen molar-refractivity contribution in [2.75, 3.05) is 25.6 Å². The number of nitrogens with one attached hydrogen (secondary N) is 1. The molecule has 6 rings (SSSR count). The highest BCUT2D eigenvalue weighted by molar-refractivity contribution is 5.94. The van der Waals surface area contributed by atoms with E-state index in [0.717, 1.165) is 61.2 Å². The van der Waals surface area contributed by atoms with Gasteiger partial charge in [0.2, 0.25) is 11.8 Å². The average molecular weight is 602 g/mol. The Morgan fingerprint density at radius 2 is 1.75 bits per heavy atom. The van der Waals surface area contributed by atoms with E-state index in [4.69, 9.17) is 23.9 Å². The third-order valence-electron chi connectivity index (χ3n) is 9.54. The molecule has 0 bridgehead atoms. The van der Waals surface area contributed by atoms with Gasteiger partial charge < -0.3 is 19.2 Å². The fourth-order valence-corrected chi connectivity index (χ4v) is 6.78. The molecule has 3 aliphatic rings. The SMILES string of the molecule is CNC(=O)O[C@H]1CC[C@H](C(=O)N(C[C@H]2CC[C@H](c3cnc(OC)c(C)c3)CC2)c2cc(-c3coc(C4CC4)n3)ccn2)CC1. The molecule has 3 heterocycles. The Kier molecular flexibility index (Phi) is 9.14. The van der Waals surface area contributed by atoms with Gasteiger partial charge in [0.25, 0.3) is 0 Å². The molecule has 1 N–H and O–H groups in total. The van der Waals surface area contributed by atoms with Gasteiger partial charge in [-0.3, -0.25) is 9.69 Å². The van der Waals surface area contributed by atoms with Crippen molar-refractivity contribution in [3.05, 3.63) is 53.9 Å². The first kappa shape index (κ1) is 30.1. The van der Waals surface area contributed by atoms with Crippen LogP contribution in [0.1, 0.15) is 93.1 Å². The van der Waals surface area contributed by atoms with Crippen LogP contribution in [-0.2, 0) is 9.53 Å². The maximum absolute atomic E-state index is 14.2. The number of hydrogen-bond acceptors (Lipinski definition) is 8. The summed E-state index contributed by atoms with van der Waals surface area (Å²) in [6.07, 6.45) is 14.0. The zero-order valence-electron chi connectivity index (χ0n) is 26.0. The van der Waals surface area contributed by atoms with Gasteiger partial charge >= 0.3 is 6.09 Å². The molecule has 10 nitrogen and oxygen atoms in total. The molecule has 3 aromatic rings. The maximum atomic E-state index is 14.2. The maximum Gasteiger partial charge on any atom is 0.407 e. The van der Waals surface area contributed by atoms with E-state index >= 15 is 0 Å². The monoisotopic (exact) mass is 601 g/mol. The molecular weight excluding hydrogens is 558 g/mol. The number of anilines is 1. The van der Waals surface area contributed by atoms with Crippen LogP contribution < -0.4 is 15.0 Å². The van der Waals surface area contributed by atoms with E-state index in [0.29, 0.717) is 61.7 Å². The fraction of sp³-hybridized carbons (Fsp3) is 0.559. The number of aromatic nitrogens is 3. The number of oxazole rings is 1. The van der Waals surface area contributed by atoms with E-state index in [-0.39, 0.29) is 17.9 Å². The Morgan fingerprint density at radius 1 is 1.00 bits per heavy atom. The summed E-state index contributed by atoms with van der Waals surface area (Å²) >= 11 is 0. The van der Waals surface area contributed by atoms with E-state index < -0.39 is 6.09 Å². The molecule has 234 valence electrons. The average Bonchev–Trinajstić information content (AvgIpc) is 3.79. The number of hydrogen-bond donors (Lipinski definition) is 1. The second kappa shape index (κ2) is 13.4. The minimum atomic E-state index is -0.420. The zero-order chi connectivity index (χ0) is 30.6. The Balaban J connectivity index is 1.17. The summed E-state index contributed by atoms with van der Waals surface area (Å²) < 4.78 is 16.6. The van der Waals surface area contributed by atoms with Crippen LogP contribution in [0, 0.1) is 18.8 Å². The molecule has 3 fully saturated rings. The van der Waals surface area contributed by atoms with Crippen LogP contribution in [0.2, 0.25) is 0 Å². The molecule has 3 aromatic heterocycles. The minimum Gasteiger partial charge on any atom is -0.481 e. The van der Waals surface area contributed by atoms with Crippen molar-refractivity contribution in [2.45, 2.75) is 89.1 Å². The summed E-state index contributed by atoms with van der Waals surface area (Å²) in [6, 6.07) is 6.10. The number of ether oxygens (including phenoxy) is 2. The van der Waals surface area contributed by atoms with E-state index in [1.165, 1.54) is 5.56 Å². The molecule has 44 heavy (non-hydrogen) atoms. The van der Waals surface area contributed by atoms with Crippen LogP contribution in [0.5, 0.6) is 5.88 Å². The van der Waals surface area contributed by atoms with Gasteiger partial charge in [0.1, 0.15) is 23.9 Å². The molecule has 3 saturated carbocycles. The van der Waals surface area contributed by atoms with Crippen molar-refractivity contribution < 1.29 is 23.5 Å². The number of amides is 2. The normalized spacial score (nSPS) is 23.5. The number of aryl methyl sites for hydroxylation is 1. The van der Waals surface area contributed by atoms with Crippen molar-refractivity contribution in [1.29, 1.82) is 0 Å². The predicted molar refractivity (Wildman–Crippen MR) is 166 cm³/mol. The molecule has 0 atom stereocenters. The van der Waals surface area contributed by atoms with Gasteiger partial charge in [0, 0.05) is 48.9 Å². The van der Waals surface area contributed by atoms with E-state index in [9.17, 15) is 9.59 Å². The zero-order valence-corrected chi connectivity index (χ0v) is 26.0. The fourth-order valence-electron chi connectivity index (χ4n) is 6.78. The molecule has 0 radical (unpaired) electrons. The van der Waals surface area contributed by atoms with Gasteiger partial charge in [-0.25, -0.2) is 19.7 Å². The highest BCUT2D eigenvalue weighted by Crippen LogP contribution is 2.41. The lowest BCUT2D eigenvalue weighted by Crippen LogP contribution is -2.42. The summed E-state index contributed by atoms with van der Waals surface area (Å²) in [4.78, 5) is 41.8. The lowest BCUT2D eigenvalue weighted by molar-refractivity contribution is -0.124. The van der Waals surface area contributed by atoms with Crippen molar-refractivity contribution in [1.82, 2.24) is 20.3 Å². The summed E-state index contributed by atoms with van der Waals surface area (Å²) in [6.45, 7) is 2.66. The van der Waals surface area contributed by atoms with Gasteiger partial charge in [-0.15, -0.1) is 0 Å². The van der Waals surface area contributed by atoms with Crippen LogP contribution in [0.15, 0.2) is 41.3 Å². The Hall–Kier alpha value is -3.95. The molecule has 0 spiro atoms. The quantitative estimate of drug-likeness (QED) is 0.293. The number of methoxy groups -OCH3 is 1. The summed E-state index contributed by atoms with van der Waals surface area (Å²) in [5, 5.41) is 2.52. The first-order valence-corrected chi connectivity index (χ1v) is 16.0. The molecule has 10 heteroatoms. The van der Waals surface area contributed by atoms with Crippen LogP contribution in [0.4, 0.5) is 10.6 Å². The number of alkyl carbamates (subject to hydrolysis) is 1. The number of carbonyl (C=O) groups excluding carboxylic acids is 2. The smallest absolute Gasteiger partial charge is 0.407 e. The van der Waals surface area contributed by atoms with Gasteiger partial charge in [-0.05, 0) is 107 Å². The summed E-state index contributed by atoms with van der Waals surface area (Å²) in [5.74, 6) is 3.35. The second-order valence-corrected chi connectivity index (χ2v) is 12.6. The Labute approximate surface area is 259 Å². The van der Waals surface area contributed by atoms with Crippen LogP contribution >= 0.6 is 0 Å². The molecular formula is C34H43N5O5. The van der Waals surface area contributed by atoms with Crippen molar-refractivity contribution >= 4 is 17.8 Å². The number of carbonyl (C=O) groups is 2. The van der Waals surface area contributed by atoms with Gasteiger partial charge in [-0.2, -0.15) is 0 Å². The Morgan fingerprint density at radius 3 is 2.43 bits per heavy atom. The lowest BCUT2D eigenvalue weighted by atomic mass is 9.78. The summed E-state index contributed by atoms with van der Waals surface area (Å²) in [5.41, 5.74) is 4.00. The minimum absolute atomic E-state index is 0.101. The molecule has 2 amide bonds. The number of nitrogens with zero attached hydrogens (tertiary/aromatic N) is 4. The van der Waals surface area contributed by atoms with Crippen LogP contribution in [0.3, 0.4) is 0 Å². The summed E-state index contributed by atoms with van der Waals surface area (Å²) in [7, 11) is 3.21. The van der Waals surface area contributed by atoms with Crippen molar-refractivity contribution in [3.63, 3.8) is 0 Å². The highest BCUT2D eigenvalue weighted by Gasteiger charge is 2.34. The van der Waals surface area contributed by atoms with Crippen molar-refractivity contribution in [3.8, 4) is 17.1 Å². The standard InChI is InChI=1S/C34H43N5O5/c1-21-16-27(18-37-31(21)42-3)23-6-4-22(5-7-23)19-39(33(40)25-10-12-28(13-11-25)44-34(41)35-2)30-17-26(14-15-36-30)29-20-43-32(38-29)24-8-9-24/h14-18,20,22-25,28H,4-13,19H2,1-3H3,(H,35,41)/t22-,23-,25-,28-. The van der Waals surface area contributed by atoms with Gasteiger partial charge in [0.15, 0.2) is 5.89 Å². The van der Waals surface area contributed by atoms with Gasteiger partial charge in [-0.1, -0.05) is 0 Å². The first-order valence-electron chi connectivity index (χ1n) is 16.0. The van der Waals surface area contributed by atoms with Crippen LogP contribution in [0.25, 0.3) is 11.3 Å². The van der Waals surface area contributed by atoms with Crippen LogP contribution in [-0.4, -0.2) is 53.8 Å².